The summed E-state index contributed by atoms with van der Waals surface area (Å²) in [6.07, 6.45) is -4.34. The zero-order chi connectivity index (χ0) is 13.9. The molecule has 1 N–H and O–H groups in total. The van der Waals surface area contributed by atoms with Crippen LogP contribution >= 0.6 is 0 Å². The Morgan fingerprint density at radius 2 is 1.72 bits per heavy atom. The van der Waals surface area contributed by atoms with E-state index in [0.717, 1.165) is 12.1 Å². The molecule has 0 bridgehead atoms. The molecule has 100 valence electrons. The number of rotatable bonds is 3. The summed E-state index contributed by atoms with van der Waals surface area (Å²) in [4.78, 5) is 13.0. The summed E-state index contributed by atoms with van der Waals surface area (Å²) in [5, 5.41) is 2.84. The average Bonchev–Trinajstić information content (AvgIpc) is 2.27. The lowest BCUT2D eigenvalue weighted by atomic mass is 10.2. The van der Waals surface area contributed by atoms with Gasteiger partial charge in [0.1, 0.15) is 6.04 Å². The Hall–Kier alpha value is -1.72. The lowest BCUT2D eigenvalue weighted by molar-refractivity contribution is -0.137. The SMILES string of the molecule is CC(Nc1ccc(C(F)(F)F)cc1)C(=O)N(C)C. The molecule has 0 fully saturated rings. The summed E-state index contributed by atoms with van der Waals surface area (Å²) in [6, 6.07) is 4.09. The van der Waals surface area contributed by atoms with Gasteiger partial charge in [0.05, 0.1) is 5.56 Å². The number of halogens is 3. The first-order chi connectivity index (χ1) is 8.21. The number of alkyl halides is 3. The van der Waals surface area contributed by atoms with Crippen LogP contribution in [0.25, 0.3) is 0 Å². The highest BCUT2D eigenvalue weighted by Crippen LogP contribution is 2.29. The Bertz CT molecular complexity index is 412. The molecular weight excluding hydrogens is 245 g/mol. The Balaban J connectivity index is 2.73. The van der Waals surface area contributed by atoms with Crippen LogP contribution in [0.2, 0.25) is 0 Å². The zero-order valence-corrected chi connectivity index (χ0v) is 10.4. The summed E-state index contributed by atoms with van der Waals surface area (Å²) >= 11 is 0. The van der Waals surface area contributed by atoms with Crippen LogP contribution in [0.15, 0.2) is 24.3 Å². The van der Waals surface area contributed by atoms with Crippen molar-refractivity contribution in [2.24, 2.45) is 0 Å². The van der Waals surface area contributed by atoms with Crippen LogP contribution in [0.4, 0.5) is 18.9 Å². The molecule has 18 heavy (non-hydrogen) atoms. The first-order valence-corrected chi connectivity index (χ1v) is 5.37. The monoisotopic (exact) mass is 260 g/mol. The molecule has 0 heterocycles. The highest BCUT2D eigenvalue weighted by molar-refractivity contribution is 5.83. The molecule has 0 radical (unpaired) electrons. The lowest BCUT2D eigenvalue weighted by Crippen LogP contribution is -2.36. The second-order valence-corrected chi connectivity index (χ2v) is 4.17. The van der Waals surface area contributed by atoms with Crippen molar-refractivity contribution in [1.29, 1.82) is 0 Å². The minimum absolute atomic E-state index is 0.144. The maximum atomic E-state index is 12.3. The molecule has 1 rings (SSSR count). The number of amides is 1. The van der Waals surface area contributed by atoms with E-state index in [-0.39, 0.29) is 5.91 Å². The summed E-state index contributed by atoms with van der Waals surface area (Å²) in [5.74, 6) is -0.144. The maximum Gasteiger partial charge on any atom is 0.416 e. The van der Waals surface area contributed by atoms with E-state index >= 15 is 0 Å². The highest BCUT2D eigenvalue weighted by Gasteiger charge is 2.30. The number of benzene rings is 1. The number of nitrogens with zero attached hydrogens (tertiary/aromatic N) is 1. The number of carbonyl (C=O) groups excluding carboxylic acids is 1. The minimum Gasteiger partial charge on any atom is -0.374 e. The van der Waals surface area contributed by atoms with Crippen LogP contribution in [-0.2, 0) is 11.0 Å². The minimum atomic E-state index is -4.34. The molecule has 3 nitrogen and oxygen atoms in total. The first kappa shape index (κ1) is 14.3. The average molecular weight is 260 g/mol. The zero-order valence-electron chi connectivity index (χ0n) is 10.4. The maximum absolute atomic E-state index is 12.3. The van der Waals surface area contributed by atoms with Crippen LogP contribution < -0.4 is 5.32 Å². The molecule has 0 aliphatic carbocycles. The molecule has 1 aromatic carbocycles. The van der Waals surface area contributed by atoms with Crippen molar-refractivity contribution in [2.75, 3.05) is 19.4 Å². The summed E-state index contributed by atoms with van der Waals surface area (Å²) in [5.41, 5.74) is -0.231. The Labute approximate surface area is 104 Å². The lowest BCUT2D eigenvalue weighted by Gasteiger charge is -2.19. The molecule has 0 saturated heterocycles. The fourth-order valence-corrected chi connectivity index (χ4v) is 1.45. The number of nitrogens with one attached hydrogen (secondary N) is 1. The Kier molecular flexibility index (Phi) is 4.21. The molecule has 1 amide bonds. The predicted octanol–water partition coefficient (Wildman–Crippen LogP) is 2.59. The predicted molar refractivity (Wildman–Crippen MR) is 63.2 cm³/mol. The Morgan fingerprint density at radius 3 is 2.11 bits per heavy atom. The molecule has 0 aromatic heterocycles. The van der Waals surface area contributed by atoms with E-state index in [9.17, 15) is 18.0 Å². The van der Waals surface area contributed by atoms with E-state index in [0.29, 0.717) is 5.69 Å². The van der Waals surface area contributed by atoms with Crippen molar-refractivity contribution in [3.05, 3.63) is 29.8 Å². The van der Waals surface area contributed by atoms with E-state index in [1.165, 1.54) is 17.0 Å². The molecule has 1 atom stereocenters. The third kappa shape index (κ3) is 3.65. The topological polar surface area (TPSA) is 32.3 Å². The second kappa shape index (κ2) is 5.29. The van der Waals surface area contributed by atoms with Crippen molar-refractivity contribution in [3.63, 3.8) is 0 Å². The van der Waals surface area contributed by atoms with Gasteiger partial charge in [0.25, 0.3) is 0 Å². The number of hydrogen-bond donors (Lipinski definition) is 1. The normalized spacial score (nSPS) is 13.0. The van der Waals surface area contributed by atoms with Crippen molar-refractivity contribution in [1.82, 2.24) is 4.90 Å². The van der Waals surface area contributed by atoms with Crippen molar-refractivity contribution >= 4 is 11.6 Å². The standard InChI is InChI=1S/C12H15F3N2O/c1-8(11(18)17(2)3)16-10-6-4-9(5-7-10)12(13,14)15/h4-8,16H,1-3H3. The van der Waals surface area contributed by atoms with E-state index < -0.39 is 17.8 Å². The Morgan fingerprint density at radius 1 is 1.22 bits per heavy atom. The second-order valence-electron chi connectivity index (χ2n) is 4.17. The van der Waals surface area contributed by atoms with Crippen LogP contribution in [0.3, 0.4) is 0 Å². The number of likely N-dealkylation sites (N-methyl/N-ethyl adjacent to an activating group) is 1. The van der Waals surface area contributed by atoms with Crippen LogP contribution in [0, 0.1) is 0 Å². The van der Waals surface area contributed by atoms with Crippen LogP contribution in [0.1, 0.15) is 12.5 Å². The van der Waals surface area contributed by atoms with E-state index in [1.54, 1.807) is 21.0 Å². The van der Waals surface area contributed by atoms with Gasteiger partial charge in [0.2, 0.25) is 5.91 Å². The summed E-state index contributed by atoms with van der Waals surface area (Å²) in [6.45, 7) is 1.65. The van der Waals surface area contributed by atoms with Gasteiger partial charge in [-0.2, -0.15) is 13.2 Å². The van der Waals surface area contributed by atoms with Crippen LogP contribution in [0.5, 0.6) is 0 Å². The van der Waals surface area contributed by atoms with Gasteiger partial charge in [0.15, 0.2) is 0 Å². The molecular formula is C12H15F3N2O. The molecule has 6 heteroatoms. The fourth-order valence-electron chi connectivity index (χ4n) is 1.45. The first-order valence-electron chi connectivity index (χ1n) is 5.37. The van der Waals surface area contributed by atoms with Crippen molar-refractivity contribution < 1.29 is 18.0 Å². The van der Waals surface area contributed by atoms with Crippen molar-refractivity contribution in [3.8, 4) is 0 Å². The third-order valence-corrected chi connectivity index (χ3v) is 2.41. The highest BCUT2D eigenvalue weighted by atomic mass is 19.4. The van der Waals surface area contributed by atoms with Crippen LogP contribution in [-0.4, -0.2) is 30.9 Å². The number of anilines is 1. The van der Waals surface area contributed by atoms with Gasteiger partial charge in [-0.1, -0.05) is 0 Å². The quantitative estimate of drug-likeness (QED) is 0.906. The third-order valence-electron chi connectivity index (χ3n) is 2.41. The number of hydrogen-bond acceptors (Lipinski definition) is 2. The largest absolute Gasteiger partial charge is 0.416 e. The molecule has 0 aliphatic rings. The van der Waals surface area contributed by atoms with E-state index in [4.69, 9.17) is 0 Å². The molecule has 0 spiro atoms. The molecule has 1 unspecified atom stereocenters. The van der Waals surface area contributed by atoms with Gasteiger partial charge in [-0.05, 0) is 31.2 Å². The van der Waals surface area contributed by atoms with Gasteiger partial charge >= 0.3 is 6.18 Å². The van der Waals surface area contributed by atoms with E-state index in [2.05, 4.69) is 5.32 Å². The van der Waals surface area contributed by atoms with Gasteiger partial charge < -0.3 is 10.2 Å². The van der Waals surface area contributed by atoms with Gasteiger partial charge in [-0.25, -0.2) is 0 Å². The van der Waals surface area contributed by atoms with Crippen molar-refractivity contribution in [2.45, 2.75) is 19.1 Å². The van der Waals surface area contributed by atoms with E-state index in [1.807, 2.05) is 0 Å². The smallest absolute Gasteiger partial charge is 0.374 e. The fraction of sp³-hybridized carbons (Fsp3) is 0.417. The van der Waals surface area contributed by atoms with Gasteiger partial charge in [-0.15, -0.1) is 0 Å². The summed E-state index contributed by atoms with van der Waals surface area (Å²) in [7, 11) is 3.24. The number of carbonyl (C=O) groups is 1. The summed E-state index contributed by atoms with van der Waals surface area (Å²) < 4.78 is 37.0. The molecule has 0 saturated carbocycles. The molecule has 0 aliphatic heterocycles. The molecule has 1 aromatic rings. The van der Waals surface area contributed by atoms with Gasteiger partial charge in [-0.3, -0.25) is 4.79 Å². The van der Waals surface area contributed by atoms with Gasteiger partial charge in [0, 0.05) is 19.8 Å².